The van der Waals surface area contributed by atoms with E-state index in [2.05, 4.69) is 0 Å². The first-order valence-electron chi connectivity index (χ1n) is 3.18. The summed E-state index contributed by atoms with van der Waals surface area (Å²) in [5.74, 6) is 0.996. The molecule has 1 N–H and O–H groups in total. The number of hydrogen-bond donors (Lipinski definition) is 1. The van der Waals surface area contributed by atoms with Gasteiger partial charge in [0.1, 0.15) is 6.26 Å². The van der Waals surface area contributed by atoms with Gasteiger partial charge in [-0.1, -0.05) is 18.2 Å². The van der Waals surface area contributed by atoms with Crippen LogP contribution in [0.3, 0.4) is 0 Å². The monoisotopic (exact) mass is 133 g/mol. The van der Waals surface area contributed by atoms with Crippen LogP contribution in [0.2, 0.25) is 0 Å². The molecular formula is C8H7NO. The van der Waals surface area contributed by atoms with Gasteiger partial charge in [-0.05, 0) is 6.08 Å². The lowest BCUT2D eigenvalue weighted by molar-refractivity contribution is 0.478. The molecule has 2 rings (SSSR count). The maximum Gasteiger partial charge on any atom is 0.151 e. The molecule has 1 aliphatic heterocycles. The van der Waals surface area contributed by atoms with Crippen LogP contribution in [0.25, 0.3) is 0 Å². The number of rotatable bonds is 1. The highest BCUT2D eigenvalue weighted by Gasteiger charge is 2.24. The van der Waals surface area contributed by atoms with E-state index in [1.807, 2.05) is 18.2 Å². The highest BCUT2D eigenvalue weighted by molar-refractivity contribution is 5.98. The van der Waals surface area contributed by atoms with Crippen LogP contribution in [0.5, 0.6) is 0 Å². The number of ether oxygens (including phenoxy) is 1. The molecule has 2 heteroatoms. The van der Waals surface area contributed by atoms with E-state index in [0.717, 1.165) is 5.76 Å². The maximum atomic E-state index is 7.46. The van der Waals surface area contributed by atoms with Crippen molar-refractivity contribution in [1.29, 1.82) is 5.41 Å². The van der Waals surface area contributed by atoms with Crippen molar-refractivity contribution in [2.45, 2.75) is 0 Å². The minimum atomic E-state index is 0.0880. The molecule has 0 aromatic carbocycles. The van der Waals surface area contributed by atoms with Crippen LogP contribution in [0.1, 0.15) is 0 Å². The normalized spacial score (nSPS) is 27.8. The standard InChI is InChI=1S/C8H7NO/c9-7-4-2-1-3-6(7)8-5-10-8/h1-6,9H. The first kappa shape index (κ1) is 5.47. The predicted molar refractivity (Wildman–Crippen MR) is 38.7 cm³/mol. The molecule has 0 aromatic heterocycles. The van der Waals surface area contributed by atoms with Crippen LogP contribution in [0.4, 0.5) is 0 Å². The van der Waals surface area contributed by atoms with Crippen molar-refractivity contribution in [3.05, 3.63) is 36.3 Å². The Labute approximate surface area is 59.0 Å². The zero-order valence-electron chi connectivity index (χ0n) is 5.37. The number of nitrogens with one attached hydrogen (secondary N) is 1. The molecule has 0 amide bonds. The molecule has 1 unspecified atom stereocenters. The number of hydrogen-bond acceptors (Lipinski definition) is 2. The summed E-state index contributed by atoms with van der Waals surface area (Å²) in [4.78, 5) is 0. The Hall–Kier alpha value is -1.31. The zero-order chi connectivity index (χ0) is 6.97. The number of allylic oxidation sites excluding steroid dienone is 4. The average Bonchev–Trinajstić information content (AvgIpc) is 2.71. The van der Waals surface area contributed by atoms with Crippen LogP contribution in [-0.2, 0) is 4.74 Å². The Balaban J connectivity index is 2.21. The van der Waals surface area contributed by atoms with Crippen LogP contribution >= 0.6 is 0 Å². The van der Waals surface area contributed by atoms with Crippen LogP contribution in [-0.4, -0.2) is 5.71 Å². The zero-order valence-corrected chi connectivity index (χ0v) is 5.37. The third-order valence-electron chi connectivity index (χ3n) is 1.59. The molecule has 0 saturated carbocycles. The van der Waals surface area contributed by atoms with Crippen molar-refractivity contribution in [3.63, 3.8) is 0 Å². The van der Waals surface area contributed by atoms with Gasteiger partial charge in [-0.15, -0.1) is 0 Å². The van der Waals surface area contributed by atoms with Crippen molar-refractivity contribution < 1.29 is 4.74 Å². The van der Waals surface area contributed by atoms with E-state index in [9.17, 15) is 0 Å². The van der Waals surface area contributed by atoms with Gasteiger partial charge in [0.2, 0.25) is 0 Å². The Morgan fingerprint density at radius 1 is 1.40 bits per heavy atom. The quantitative estimate of drug-likeness (QED) is 0.579. The molecule has 0 saturated heterocycles. The molecule has 0 radical (unpaired) electrons. The van der Waals surface area contributed by atoms with Crippen LogP contribution in [0.15, 0.2) is 36.3 Å². The van der Waals surface area contributed by atoms with Gasteiger partial charge in [0, 0.05) is 5.71 Å². The maximum absolute atomic E-state index is 7.46. The van der Waals surface area contributed by atoms with E-state index in [1.165, 1.54) is 0 Å². The van der Waals surface area contributed by atoms with Crippen LogP contribution in [0, 0.1) is 11.3 Å². The lowest BCUT2D eigenvalue weighted by atomic mass is 9.98. The highest BCUT2D eigenvalue weighted by Crippen LogP contribution is 2.27. The highest BCUT2D eigenvalue weighted by atomic mass is 16.5. The third kappa shape index (κ3) is 0.778. The SMILES string of the molecule is N=C1C=CC=CC1C1=CO1. The van der Waals surface area contributed by atoms with Gasteiger partial charge >= 0.3 is 0 Å². The summed E-state index contributed by atoms with van der Waals surface area (Å²) in [6, 6.07) is 0. The van der Waals surface area contributed by atoms with Crippen molar-refractivity contribution in [2.24, 2.45) is 5.92 Å². The fourth-order valence-corrected chi connectivity index (χ4v) is 0.971. The molecule has 2 nitrogen and oxygen atoms in total. The van der Waals surface area contributed by atoms with E-state index in [-0.39, 0.29) is 5.92 Å². The minimum Gasteiger partial charge on any atom is -0.462 e. The van der Waals surface area contributed by atoms with E-state index >= 15 is 0 Å². The van der Waals surface area contributed by atoms with Gasteiger partial charge in [-0.3, -0.25) is 0 Å². The Kier molecular flexibility index (Phi) is 1.01. The van der Waals surface area contributed by atoms with Gasteiger partial charge in [0.25, 0.3) is 0 Å². The summed E-state index contributed by atoms with van der Waals surface area (Å²) in [7, 11) is 0. The van der Waals surface area contributed by atoms with Crippen LogP contribution < -0.4 is 0 Å². The summed E-state index contributed by atoms with van der Waals surface area (Å²) < 4.78 is 4.88. The lowest BCUT2D eigenvalue weighted by Gasteiger charge is -2.06. The molecule has 2 aliphatic rings. The summed E-state index contributed by atoms with van der Waals surface area (Å²) in [6.45, 7) is 0. The van der Waals surface area contributed by atoms with Gasteiger partial charge < -0.3 is 10.1 Å². The fraction of sp³-hybridized carbons (Fsp3) is 0.125. The summed E-state index contributed by atoms with van der Waals surface area (Å²) in [6.07, 6.45) is 9.23. The summed E-state index contributed by atoms with van der Waals surface area (Å²) in [5.41, 5.74) is 0.603. The van der Waals surface area contributed by atoms with Gasteiger partial charge in [-0.2, -0.15) is 0 Å². The van der Waals surface area contributed by atoms with E-state index in [1.54, 1.807) is 12.3 Å². The Bertz CT molecular complexity index is 260. The van der Waals surface area contributed by atoms with Crippen molar-refractivity contribution in [3.8, 4) is 0 Å². The second-order valence-corrected chi connectivity index (χ2v) is 2.32. The molecule has 0 aromatic rings. The molecule has 0 spiro atoms. The molecular weight excluding hydrogens is 126 g/mol. The fourth-order valence-electron chi connectivity index (χ4n) is 0.971. The average molecular weight is 133 g/mol. The van der Waals surface area contributed by atoms with Crippen molar-refractivity contribution >= 4 is 5.71 Å². The molecule has 1 atom stereocenters. The van der Waals surface area contributed by atoms with Gasteiger partial charge in [0.15, 0.2) is 5.76 Å². The summed E-state index contributed by atoms with van der Waals surface area (Å²) in [5, 5.41) is 7.46. The lowest BCUT2D eigenvalue weighted by Crippen LogP contribution is -2.09. The Morgan fingerprint density at radius 3 is 2.80 bits per heavy atom. The second kappa shape index (κ2) is 1.84. The van der Waals surface area contributed by atoms with Crippen molar-refractivity contribution in [1.82, 2.24) is 0 Å². The topological polar surface area (TPSA) is 36.4 Å². The molecule has 0 fully saturated rings. The second-order valence-electron chi connectivity index (χ2n) is 2.32. The van der Waals surface area contributed by atoms with E-state index in [4.69, 9.17) is 10.1 Å². The molecule has 1 aliphatic carbocycles. The first-order valence-corrected chi connectivity index (χ1v) is 3.18. The molecule has 0 bridgehead atoms. The van der Waals surface area contributed by atoms with Gasteiger partial charge in [-0.25, -0.2) is 0 Å². The molecule has 10 heavy (non-hydrogen) atoms. The molecule has 50 valence electrons. The minimum absolute atomic E-state index is 0.0880. The predicted octanol–water partition coefficient (Wildman–Crippen LogP) is 1.62. The van der Waals surface area contributed by atoms with E-state index in [0.29, 0.717) is 5.71 Å². The van der Waals surface area contributed by atoms with E-state index < -0.39 is 0 Å². The smallest absolute Gasteiger partial charge is 0.151 e. The third-order valence-corrected chi connectivity index (χ3v) is 1.59. The largest absolute Gasteiger partial charge is 0.462 e. The first-order chi connectivity index (χ1) is 4.88. The van der Waals surface area contributed by atoms with Gasteiger partial charge in [0.05, 0.1) is 5.92 Å². The van der Waals surface area contributed by atoms with Crippen molar-refractivity contribution in [2.75, 3.05) is 0 Å². The summed E-state index contributed by atoms with van der Waals surface area (Å²) >= 11 is 0. The Morgan fingerprint density at radius 2 is 2.20 bits per heavy atom. The molecule has 1 heterocycles.